The molecule has 2 aromatic rings. The van der Waals surface area contributed by atoms with Crippen molar-refractivity contribution in [3.63, 3.8) is 0 Å². The first-order chi connectivity index (χ1) is 13.7. The predicted octanol–water partition coefficient (Wildman–Crippen LogP) is 3.85. The summed E-state index contributed by atoms with van der Waals surface area (Å²) in [6.45, 7) is 14.2. The van der Waals surface area contributed by atoms with Crippen LogP contribution in [0.2, 0.25) is 0 Å². The first-order valence-corrected chi connectivity index (χ1v) is 11.3. The Kier molecular flexibility index (Phi) is 10.0. The van der Waals surface area contributed by atoms with Crippen molar-refractivity contribution in [2.75, 3.05) is 26.2 Å². The summed E-state index contributed by atoms with van der Waals surface area (Å²) in [4.78, 5) is 13.1. The summed E-state index contributed by atoms with van der Waals surface area (Å²) < 4.78 is 0. The van der Waals surface area contributed by atoms with Crippen LogP contribution >= 0.6 is 11.3 Å². The van der Waals surface area contributed by atoms with Gasteiger partial charge in [-0.2, -0.15) is 0 Å². The van der Waals surface area contributed by atoms with Crippen LogP contribution in [0.3, 0.4) is 0 Å². The van der Waals surface area contributed by atoms with Crippen LogP contribution in [0.15, 0.2) is 35.5 Å². The molecule has 1 aromatic carbocycles. The van der Waals surface area contributed by atoms with Crippen molar-refractivity contribution in [2.24, 2.45) is 4.99 Å². The third-order valence-corrected chi connectivity index (χ3v) is 5.94. The van der Waals surface area contributed by atoms with Gasteiger partial charge in [0.1, 0.15) is 0 Å². The predicted molar refractivity (Wildman–Crippen MR) is 121 cm³/mol. The summed E-state index contributed by atoms with van der Waals surface area (Å²) in [6, 6.07) is 8.63. The molecular weight excluding hydrogens is 366 g/mol. The summed E-state index contributed by atoms with van der Waals surface area (Å²) in [7, 11) is 0. The van der Waals surface area contributed by atoms with Gasteiger partial charge in [-0.05, 0) is 37.6 Å². The smallest absolute Gasteiger partial charge is 0.191 e. The topological polar surface area (TPSA) is 52.6 Å². The lowest BCUT2D eigenvalue weighted by Gasteiger charge is -2.20. The Morgan fingerprint density at radius 1 is 1.07 bits per heavy atom. The average molecular weight is 402 g/mol. The monoisotopic (exact) mass is 401 g/mol. The molecule has 1 aromatic heterocycles. The zero-order valence-electron chi connectivity index (χ0n) is 17.8. The Bertz CT molecular complexity index is 721. The van der Waals surface area contributed by atoms with E-state index < -0.39 is 0 Å². The maximum Gasteiger partial charge on any atom is 0.191 e. The molecule has 0 saturated carbocycles. The number of aryl methyl sites for hydroxylation is 1. The molecule has 28 heavy (non-hydrogen) atoms. The Morgan fingerprint density at radius 2 is 1.82 bits per heavy atom. The van der Waals surface area contributed by atoms with Crippen molar-refractivity contribution in [3.05, 3.63) is 51.5 Å². The number of benzene rings is 1. The third kappa shape index (κ3) is 7.24. The van der Waals surface area contributed by atoms with Gasteiger partial charge in [0.05, 0.1) is 11.6 Å². The molecule has 2 rings (SSSR count). The lowest BCUT2D eigenvalue weighted by molar-refractivity contribution is 0.295. The zero-order valence-corrected chi connectivity index (χ0v) is 18.6. The first-order valence-electron chi connectivity index (χ1n) is 10.4. The highest BCUT2D eigenvalue weighted by Crippen LogP contribution is 2.14. The summed E-state index contributed by atoms with van der Waals surface area (Å²) in [6.07, 6.45) is 3.97. The van der Waals surface area contributed by atoms with E-state index in [0.717, 1.165) is 51.5 Å². The fraction of sp³-hybridized carbons (Fsp3) is 0.545. The molecule has 0 bridgehead atoms. The minimum atomic E-state index is 0.685. The first kappa shape index (κ1) is 22.4. The Hall–Kier alpha value is -1.92. The number of nitrogens with one attached hydrogen (secondary N) is 2. The van der Waals surface area contributed by atoms with Gasteiger partial charge in [-0.3, -0.25) is 4.90 Å². The number of thiazole rings is 1. The van der Waals surface area contributed by atoms with E-state index in [1.165, 1.54) is 21.0 Å². The van der Waals surface area contributed by atoms with Crippen LogP contribution in [-0.2, 0) is 25.9 Å². The molecule has 2 N–H and O–H groups in total. The fourth-order valence-electron chi connectivity index (χ4n) is 2.97. The van der Waals surface area contributed by atoms with Gasteiger partial charge < -0.3 is 10.6 Å². The second-order valence-corrected chi connectivity index (χ2v) is 7.88. The van der Waals surface area contributed by atoms with Gasteiger partial charge in [-0.1, -0.05) is 45.0 Å². The van der Waals surface area contributed by atoms with Crippen LogP contribution in [0, 0.1) is 0 Å². The van der Waals surface area contributed by atoms with Gasteiger partial charge in [0.25, 0.3) is 0 Å². The lowest BCUT2D eigenvalue weighted by atomic mass is 10.1. The van der Waals surface area contributed by atoms with Crippen LogP contribution < -0.4 is 10.6 Å². The van der Waals surface area contributed by atoms with Gasteiger partial charge >= 0.3 is 0 Å². The number of hydrogen-bond donors (Lipinski definition) is 2. The van der Waals surface area contributed by atoms with E-state index in [2.05, 4.69) is 72.5 Å². The molecule has 0 saturated heterocycles. The third-order valence-electron chi connectivity index (χ3n) is 4.74. The summed E-state index contributed by atoms with van der Waals surface area (Å²) in [5.41, 5.74) is 2.65. The van der Waals surface area contributed by atoms with Crippen LogP contribution in [0.4, 0.5) is 0 Å². The highest BCUT2D eigenvalue weighted by Gasteiger charge is 2.07. The maximum absolute atomic E-state index is 4.81. The van der Waals surface area contributed by atoms with Gasteiger partial charge in [0, 0.05) is 37.1 Å². The van der Waals surface area contributed by atoms with Gasteiger partial charge in [0.2, 0.25) is 0 Å². The quantitative estimate of drug-likeness (QED) is 0.444. The highest BCUT2D eigenvalue weighted by molar-refractivity contribution is 7.11. The molecular formula is C22H35N5S. The van der Waals surface area contributed by atoms with Crippen molar-refractivity contribution in [2.45, 2.75) is 53.6 Å². The number of nitrogens with zero attached hydrogens (tertiary/aromatic N) is 3. The van der Waals surface area contributed by atoms with Crippen molar-refractivity contribution < 1.29 is 0 Å². The van der Waals surface area contributed by atoms with Gasteiger partial charge in [-0.25, -0.2) is 9.98 Å². The van der Waals surface area contributed by atoms with Crippen molar-refractivity contribution in [1.29, 1.82) is 0 Å². The van der Waals surface area contributed by atoms with E-state index in [4.69, 9.17) is 4.99 Å². The number of aromatic nitrogens is 1. The van der Waals surface area contributed by atoms with Crippen molar-refractivity contribution in [1.82, 2.24) is 20.5 Å². The molecule has 0 unspecified atom stereocenters. The second-order valence-electron chi connectivity index (χ2n) is 6.68. The molecule has 6 heteroatoms. The van der Waals surface area contributed by atoms with E-state index >= 15 is 0 Å². The number of rotatable bonds is 11. The second kappa shape index (κ2) is 12.5. The highest BCUT2D eigenvalue weighted by atomic mass is 32.1. The van der Waals surface area contributed by atoms with Gasteiger partial charge in [0.15, 0.2) is 5.96 Å². The molecule has 0 atom stereocenters. The molecule has 1 heterocycles. The molecule has 154 valence electrons. The van der Waals surface area contributed by atoms with Crippen LogP contribution in [0.5, 0.6) is 0 Å². The standard InChI is InChI=1S/C22H35N5S/c1-5-20-16-25-21(28-20)13-14-24-22(23-6-2)26-15-18-11-9-10-12-19(18)17-27(7-3)8-4/h9-12,16H,5-8,13-15,17H2,1-4H3,(H2,23,24,26). The largest absolute Gasteiger partial charge is 0.357 e. The average Bonchev–Trinajstić information content (AvgIpc) is 3.19. The van der Waals surface area contributed by atoms with E-state index in [9.17, 15) is 0 Å². The van der Waals surface area contributed by atoms with E-state index in [0.29, 0.717) is 6.54 Å². The van der Waals surface area contributed by atoms with Crippen molar-refractivity contribution >= 4 is 17.3 Å². The fourth-order valence-corrected chi connectivity index (χ4v) is 3.84. The molecule has 5 nitrogen and oxygen atoms in total. The minimum Gasteiger partial charge on any atom is -0.357 e. The van der Waals surface area contributed by atoms with Crippen molar-refractivity contribution in [3.8, 4) is 0 Å². The zero-order chi connectivity index (χ0) is 20.2. The molecule has 0 spiro atoms. The molecule has 0 aliphatic rings. The van der Waals surface area contributed by atoms with E-state index in [1.807, 2.05) is 6.20 Å². The Labute approximate surface area is 174 Å². The SMILES string of the molecule is CCNC(=NCc1ccccc1CN(CC)CC)NCCc1ncc(CC)s1. The minimum absolute atomic E-state index is 0.685. The Morgan fingerprint density at radius 3 is 2.46 bits per heavy atom. The molecule has 0 aliphatic heterocycles. The summed E-state index contributed by atoms with van der Waals surface area (Å²) >= 11 is 1.80. The normalized spacial score (nSPS) is 11.8. The lowest BCUT2D eigenvalue weighted by Crippen LogP contribution is -2.38. The summed E-state index contributed by atoms with van der Waals surface area (Å²) in [5.74, 6) is 0.868. The van der Waals surface area contributed by atoms with E-state index in [-0.39, 0.29) is 0 Å². The maximum atomic E-state index is 4.81. The van der Waals surface area contributed by atoms with Gasteiger partial charge in [-0.15, -0.1) is 11.3 Å². The molecule has 0 aliphatic carbocycles. The van der Waals surface area contributed by atoms with Crippen LogP contribution in [0.1, 0.15) is 48.7 Å². The molecule has 0 amide bonds. The van der Waals surface area contributed by atoms with Crippen LogP contribution in [-0.4, -0.2) is 42.0 Å². The molecule has 0 fully saturated rings. The number of aliphatic imine (C=N–C) groups is 1. The summed E-state index contributed by atoms with van der Waals surface area (Å²) in [5, 5.41) is 7.98. The van der Waals surface area contributed by atoms with E-state index in [1.54, 1.807) is 11.3 Å². The molecule has 0 radical (unpaired) electrons. The Balaban J connectivity index is 1.96. The number of guanidine groups is 1. The van der Waals surface area contributed by atoms with Crippen LogP contribution in [0.25, 0.3) is 0 Å². The number of hydrogen-bond acceptors (Lipinski definition) is 4.